The largest absolute Gasteiger partial charge is 0.382 e. The number of rotatable bonds is 4. The summed E-state index contributed by atoms with van der Waals surface area (Å²) in [7, 11) is 0. The lowest BCUT2D eigenvalue weighted by molar-refractivity contribution is 0.216. The molecule has 1 atom stereocenters. The Morgan fingerprint density at radius 3 is 2.32 bits per heavy atom. The second-order valence-electron chi connectivity index (χ2n) is 6.62. The van der Waals surface area contributed by atoms with Gasteiger partial charge in [-0.3, -0.25) is 0 Å². The van der Waals surface area contributed by atoms with E-state index in [-0.39, 0.29) is 0 Å². The molecule has 0 bridgehead atoms. The Labute approximate surface area is 160 Å². The van der Waals surface area contributed by atoms with Gasteiger partial charge >= 0.3 is 0 Å². The molecule has 1 unspecified atom stereocenters. The fourth-order valence-corrected chi connectivity index (χ4v) is 3.47. The summed E-state index contributed by atoms with van der Waals surface area (Å²) < 4.78 is 0. The number of tetrazole rings is 1. The van der Waals surface area contributed by atoms with Crippen molar-refractivity contribution in [1.82, 2.24) is 25.6 Å². The third kappa shape index (κ3) is 2.86. The van der Waals surface area contributed by atoms with Gasteiger partial charge in [0.2, 0.25) is 5.82 Å². The number of aliphatic hydroxyl groups excluding tert-OH is 1. The molecule has 136 valence electrons. The third-order valence-corrected chi connectivity index (χ3v) is 4.90. The lowest BCUT2D eigenvalue weighted by Gasteiger charge is -2.11. The van der Waals surface area contributed by atoms with E-state index in [9.17, 15) is 5.11 Å². The Morgan fingerprint density at radius 1 is 0.821 bits per heavy atom. The first kappa shape index (κ1) is 16.4. The molecule has 0 aliphatic heterocycles. The summed E-state index contributed by atoms with van der Waals surface area (Å²) in [6.07, 6.45) is -0.714. The van der Waals surface area contributed by atoms with Crippen LogP contribution in [0, 0.1) is 0 Å². The molecule has 0 radical (unpaired) electrons. The number of nitrogens with zero attached hydrogens (tertiary/aromatic N) is 3. The van der Waals surface area contributed by atoms with Crippen LogP contribution in [0.3, 0.4) is 0 Å². The van der Waals surface area contributed by atoms with Gasteiger partial charge in [-0.2, -0.15) is 5.21 Å². The number of fused-ring (bicyclic) bond motifs is 1. The van der Waals surface area contributed by atoms with Gasteiger partial charge in [0.1, 0.15) is 6.10 Å². The summed E-state index contributed by atoms with van der Waals surface area (Å²) in [6, 6.07) is 25.8. The Morgan fingerprint density at radius 2 is 1.57 bits per heavy atom. The van der Waals surface area contributed by atoms with Crippen LogP contribution < -0.4 is 0 Å². The maximum Gasteiger partial charge on any atom is 0.205 e. The van der Waals surface area contributed by atoms with Crippen LogP contribution in [0.4, 0.5) is 0 Å². The van der Waals surface area contributed by atoms with E-state index in [4.69, 9.17) is 0 Å². The summed E-state index contributed by atoms with van der Waals surface area (Å²) in [5.74, 6) is 0.554. The second-order valence-corrected chi connectivity index (χ2v) is 6.62. The van der Waals surface area contributed by atoms with Crippen LogP contribution >= 0.6 is 0 Å². The summed E-state index contributed by atoms with van der Waals surface area (Å²) in [6.45, 7) is 0. The molecule has 2 aromatic heterocycles. The lowest BCUT2D eigenvalue weighted by atomic mass is 9.97. The number of hydrogen-bond acceptors (Lipinski definition) is 4. The van der Waals surface area contributed by atoms with E-state index in [1.165, 1.54) is 0 Å². The van der Waals surface area contributed by atoms with E-state index >= 15 is 0 Å². The van der Waals surface area contributed by atoms with Gasteiger partial charge in [-0.25, -0.2) is 0 Å². The van der Waals surface area contributed by atoms with Crippen LogP contribution in [0.1, 0.15) is 17.4 Å². The summed E-state index contributed by atoms with van der Waals surface area (Å²) in [5.41, 5.74) is 5.56. The fourth-order valence-electron chi connectivity index (χ4n) is 3.47. The molecule has 0 saturated carbocycles. The highest BCUT2D eigenvalue weighted by Crippen LogP contribution is 2.31. The molecule has 28 heavy (non-hydrogen) atoms. The fraction of sp³-hybridized carbons (Fsp3) is 0.0455. The van der Waals surface area contributed by atoms with E-state index in [0.717, 1.165) is 38.9 Å². The highest BCUT2D eigenvalue weighted by molar-refractivity contribution is 5.81. The van der Waals surface area contributed by atoms with Gasteiger partial charge in [0.05, 0.1) is 0 Å². The van der Waals surface area contributed by atoms with Crippen LogP contribution in [0.25, 0.3) is 33.4 Å². The molecule has 5 aromatic rings. The maximum atomic E-state index is 10.8. The number of para-hydroxylation sites is 1. The normalized spacial score (nSPS) is 12.3. The van der Waals surface area contributed by atoms with Gasteiger partial charge in [-0.05, 0) is 39.4 Å². The SMILES string of the molecule is OC(c1ccc(-c2ccccc2-c2nn[nH]n2)cc1)c1cc2ccccc2[nH]1. The first-order valence-electron chi connectivity index (χ1n) is 8.98. The lowest BCUT2D eigenvalue weighted by Crippen LogP contribution is -1.99. The molecule has 5 rings (SSSR count). The van der Waals surface area contributed by atoms with Crippen molar-refractivity contribution in [1.29, 1.82) is 0 Å². The first-order valence-corrected chi connectivity index (χ1v) is 8.98. The monoisotopic (exact) mass is 367 g/mol. The van der Waals surface area contributed by atoms with Gasteiger partial charge in [0.25, 0.3) is 0 Å². The topological polar surface area (TPSA) is 90.5 Å². The zero-order valence-corrected chi connectivity index (χ0v) is 14.9. The van der Waals surface area contributed by atoms with Crippen molar-refractivity contribution in [2.45, 2.75) is 6.10 Å². The molecule has 0 aliphatic rings. The smallest absolute Gasteiger partial charge is 0.205 e. The Balaban J connectivity index is 1.48. The minimum absolute atomic E-state index is 0.554. The van der Waals surface area contributed by atoms with Crippen LogP contribution in [0.15, 0.2) is 78.9 Å². The Bertz CT molecular complexity index is 1190. The van der Waals surface area contributed by atoms with E-state index < -0.39 is 6.10 Å². The Hall–Kier alpha value is -3.77. The minimum atomic E-state index is -0.714. The molecule has 3 aromatic carbocycles. The molecule has 6 heteroatoms. The first-order chi connectivity index (χ1) is 13.8. The van der Waals surface area contributed by atoms with E-state index in [1.54, 1.807) is 0 Å². The Kier molecular flexibility index (Phi) is 3.96. The van der Waals surface area contributed by atoms with E-state index in [0.29, 0.717) is 5.82 Å². The number of aromatic nitrogens is 5. The maximum absolute atomic E-state index is 10.8. The van der Waals surface area contributed by atoms with Gasteiger partial charge in [0, 0.05) is 16.8 Å². The van der Waals surface area contributed by atoms with Gasteiger partial charge in [-0.15, -0.1) is 10.2 Å². The molecule has 0 saturated heterocycles. The standard InChI is InChI=1S/C22H17N5O/c28-21(20-13-16-5-1-4-8-19(16)23-20)15-11-9-14(10-12-15)17-6-2-3-7-18(17)22-24-26-27-25-22/h1-13,21,23,28H,(H,24,25,26,27). The summed E-state index contributed by atoms with van der Waals surface area (Å²) in [4.78, 5) is 3.29. The van der Waals surface area contributed by atoms with Crippen molar-refractivity contribution in [2.75, 3.05) is 0 Å². The van der Waals surface area contributed by atoms with Crippen molar-refractivity contribution in [3.63, 3.8) is 0 Å². The highest BCUT2D eigenvalue weighted by atomic mass is 16.3. The average molecular weight is 367 g/mol. The van der Waals surface area contributed by atoms with Gasteiger partial charge < -0.3 is 10.1 Å². The van der Waals surface area contributed by atoms with Crippen molar-refractivity contribution < 1.29 is 5.11 Å². The van der Waals surface area contributed by atoms with Gasteiger partial charge in [0.15, 0.2) is 0 Å². The summed E-state index contributed by atoms with van der Waals surface area (Å²) >= 11 is 0. The van der Waals surface area contributed by atoms with Crippen LogP contribution in [0.2, 0.25) is 0 Å². The third-order valence-electron chi connectivity index (χ3n) is 4.90. The molecule has 0 fully saturated rings. The second kappa shape index (κ2) is 6.75. The van der Waals surface area contributed by atoms with Crippen LogP contribution in [-0.2, 0) is 0 Å². The number of benzene rings is 3. The number of aliphatic hydroxyl groups is 1. The van der Waals surface area contributed by atoms with Crippen molar-refractivity contribution >= 4 is 10.9 Å². The molecule has 3 N–H and O–H groups in total. The number of H-pyrrole nitrogens is 2. The van der Waals surface area contributed by atoms with Crippen LogP contribution in [-0.4, -0.2) is 30.7 Å². The quantitative estimate of drug-likeness (QED) is 0.446. The minimum Gasteiger partial charge on any atom is -0.382 e. The van der Waals surface area contributed by atoms with Crippen molar-refractivity contribution in [3.8, 4) is 22.5 Å². The average Bonchev–Trinajstić information content (AvgIpc) is 3.43. The zero-order chi connectivity index (χ0) is 18.9. The van der Waals surface area contributed by atoms with Crippen molar-refractivity contribution in [3.05, 3.63) is 90.1 Å². The van der Waals surface area contributed by atoms with Crippen LogP contribution in [0.5, 0.6) is 0 Å². The number of hydrogen-bond donors (Lipinski definition) is 3. The van der Waals surface area contributed by atoms with Gasteiger partial charge in [-0.1, -0.05) is 66.7 Å². The molecule has 0 spiro atoms. The molecule has 0 amide bonds. The van der Waals surface area contributed by atoms with E-state index in [1.807, 2.05) is 78.9 Å². The van der Waals surface area contributed by atoms with E-state index in [2.05, 4.69) is 25.6 Å². The molecular formula is C22H17N5O. The van der Waals surface area contributed by atoms with Crippen molar-refractivity contribution in [2.24, 2.45) is 0 Å². The predicted octanol–water partition coefficient (Wildman–Crippen LogP) is 4.10. The molecule has 6 nitrogen and oxygen atoms in total. The molecular weight excluding hydrogens is 350 g/mol. The molecule has 2 heterocycles. The highest BCUT2D eigenvalue weighted by Gasteiger charge is 2.15. The predicted molar refractivity (Wildman–Crippen MR) is 107 cm³/mol. The molecule has 0 aliphatic carbocycles. The zero-order valence-electron chi connectivity index (χ0n) is 14.9. The number of aromatic amines is 2. The number of nitrogens with one attached hydrogen (secondary N) is 2. The summed E-state index contributed by atoms with van der Waals surface area (Å²) in [5, 5.41) is 26.2.